The molecular weight excluding hydrogens is 663 g/mol. The van der Waals surface area contributed by atoms with Crippen molar-refractivity contribution in [1.29, 1.82) is 0 Å². The molecule has 0 saturated carbocycles. The van der Waals surface area contributed by atoms with Gasteiger partial charge in [-0.15, -0.1) is 11.3 Å². The molecule has 1 aliphatic rings. The maximum Gasteiger partial charge on any atom is 0.146 e. The Balaban J connectivity index is 1.11. The Morgan fingerprint density at radius 1 is 0.434 bits per heavy atom. The Bertz CT molecular complexity index is 3510. The molecule has 4 heteroatoms. The molecule has 244 valence electrons. The molecule has 0 aliphatic heterocycles. The van der Waals surface area contributed by atoms with E-state index in [9.17, 15) is 0 Å². The topological polar surface area (TPSA) is 22.2 Å². The van der Waals surface area contributed by atoms with E-state index in [0.29, 0.717) is 0 Å². The van der Waals surface area contributed by atoms with E-state index in [1.165, 1.54) is 86.9 Å². The van der Waals surface area contributed by atoms with Crippen LogP contribution in [0.3, 0.4) is 0 Å². The Morgan fingerprint density at radius 2 is 1.11 bits per heavy atom. The van der Waals surface area contributed by atoms with E-state index in [4.69, 9.17) is 4.98 Å². The number of aromatic nitrogens is 3. The van der Waals surface area contributed by atoms with Crippen LogP contribution in [-0.2, 0) is 0 Å². The van der Waals surface area contributed by atoms with Crippen LogP contribution in [0.25, 0.3) is 120 Å². The van der Waals surface area contributed by atoms with E-state index < -0.39 is 0 Å². The van der Waals surface area contributed by atoms with Gasteiger partial charge >= 0.3 is 0 Å². The molecule has 0 N–H and O–H groups in total. The predicted molar refractivity (Wildman–Crippen MR) is 224 cm³/mol. The predicted octanol–water partition coefficient (Wildman–Crippen LogP) is 13.5. The largest absolute Gasteiger partial charge is 0.307 e. The van der Waals surface area contributed by atoms with Crippen molar-refractivity contribution in [3.63, 3.8) is 0 Å². The minimum absolute atomic E-state index is 0.962. The van der Waals surface area contributed by atoms with Crippen molar-refractivity contribution >= 4 is 81.3 Å². The van der Waals surface area contributed by atoms with Gasteiger partial charge in [-0.05, 0) is 75.7 Å². The summed E-state index contributed by atoms with van der Waals surface area (Å²) in [6.07, 6.45) is 0. The molecule has 13 rings (SSSR count). The number of hydrogen-bond acceptors (Lipinski definition) is 2. The summed E-state index contributed by atoms with van der Waals surface area (Å²) in [7, 11) is 0. The number of pyridine rings is 1. The highest BCUT2D eigenvalue weighted by molar-refractivity contribution is 7.18. The Morgan fingerprint density at radius 3 is 2.00 bits per heavy atom. The third-order valence-electron chi connectivity index (χ3n) is 11.7. The van der Waals surface area contributed by atoms with E-state index in [1.807, 2.05) is 11.3 Å². The van der Waals surface area contributed by atoms with Gasteiger partial charge in [-0.1, -0.05) is 115 Å². The molecule has 0 saturated heterocycles. The molecule has 0 unspecified atom stereocenters. The van der Waals surface area contributed by atoms with Gasteiger partial charge in [0.1, 0.15) is 5.82 Å². The molecule has 53 heavy (non-hydrogen) atoms. The van der Waals surface area contributed by atoms with Gasteiger partial charge in [0.05, 0.1) is 38.0 Å². The second-order valence-corrected chi connectivity index (χ2v) is 15.2. The van der Waals surface area contributed by atoms with E-state index in [1.54, 1.807) is 0 Å². The molecule has 0 fully saturated rings. The monoisotopic (exact) mass is 689 g/mol. The van der Waals surface area contributed by atoms with Crippen LogP contribution in [0.5, 0.6) is 0 Å². The lowest BCUT2D eigenvalue weighted by Gasteiger charge is -2.16. The third-order valence-corrected chi connectivity index (χ3v) is 12.6. The summed E-state index contributed by atoms with van der Waals surface area (Å²) in [6.45, 7) is 0. The number of nitrogens with zero attached hydrogens (tertiary/aromatic N) is 3. The number of benzene rings is 7. The Hall–Kier alpha value is -6.75. The summed E-state index contributed by atoms with van der Waals surface area (Å²) in [4.78, 5) is 5.66. The highest BCUT2D eigenvalue weighted by atomic mass is 32.1. The molecule has 7 aromatic carbocycles. The fraction of sp³-hybridized carbons (Fsp3) is 0. The number of hydrogen-bond donors (Lipinski definition) is 0. The average Bonchev–Trinajstić information content (AvgIpc) is 4.03. The van der Waals surface area contributed by atoms with Gasteiger partial charge in [0.15, 0.2) is 0 Å². The molecule has 0 amide bonds. The first-order chi connectivity index (χ1) is 26.3. The van der Waals surface area contributed by atoms with Crippen molar-refractivity contribution in [2.75, 3.05) is 0 Å². The standard InChI is InChI=1S/C49H27N3S/c1-2-11-28(12-3-1)46-45-35-16-5-4-13-31(35)34-17-10-18-36(44(34)45)49(50-46)52-41-20-9-6-14-32(41)37-25-29(21-22-42(37)52)30-26-38-33-15-7-8-19-40(33)51-43-23-24-53-48(43)39(27-30)47(38)51/h1-27H. The molecule has 3 nitrogen and oxygen atoms in total. The Kier molecular flexibility index (Phi) is 5.25. The summed E-state index contributed by atoms with van der Waals surface area (Å²) in [6, 6.07) is 58.0. The van der Waals surface area contributed by atoms with Crippen molar-refractivity contribution < 1.29 is 0 Å². The van der Waals surface area contributed by atoms with Crippen molar-refractivity contribution in [2.45, 2.75) is 0 Å². The fourth-order valence-corrected chi connectivity index (χ4v) is 10.4. The van der Waals surface area contributed by atoms with Crippen molar-refractivity contribution in [3.05, 3.63) is 163 Å². The first-order valence-corrected chi connectivity index (χ1v) is 19.0. The highest BCUT2D eigenvalue weighted by Crippen LogP contribution is 2.52. The second kappa shape index (κ2) is 9.97. The van der Waals surface area contributed by atoms with Crippen LogP contribution < -0.4 is 0 Å². The normalized spacial score (nSPS) is 12.5. The van der Waals surface area contributed by atoms with Crippen molar-refractivity contribution in [2.24, 2.45) is 0 Å². The van der Waals surface area contributed by atoms with Crippen LogP contribution in [-0.4, -0.2) is 14.0 Å². The fourth-order valence-electron chi connectivity index (χ4n) is 9.49. The van der Waals surface area contributed by atoms with Gasteiger partial charge in [0.25, 0.3) is 0 Å². The van der Waals surface area contributed by atoms with Crippen LogP contribution >= 0.6 is 11.3 Å². The van der Waals surface area contributed by atoms with Gasteiger partial charge < -0.3 is 4.40 Å². The molecule has 0 atom stereocenters. The molecule has 0 radical (unpaired) electrons. The molecule has 5 heterocycles. The van der Waals surface area contributed by atoms with E-state index in [-0.39, 0.29) is 0 Å². The van der Waals surface area contributed by atoms with Gasteiger partial charge in [-0.25, -0.2) is 4.98 Å². The van der Waals surface area contributed by atoms with Crippen LogP contribution in [0.1, 0.15) is 0 Å². The van der Waals surface area contributed by atoms with Gasteiger partial charge in [0.2, 0.25) is 0 Å². The number of fused-ring (bicyclic) bond motifs is 12. The highest BCUT2D eigenvalue weighted by Gasteiger charge is 2.29. The molecule has 0 spiro atoms. The summed E-state index contributed by atoms with van der Waals surface area (Å²) < 4.78 is 6.21. The van der Waals surface area contributed by atoms with Gasteiger partial charge in [-0.3, -0.25) is 4.57 Å². The summed E-state index contributed by atoms with van der Waals surface area (Å²) in [5.74, 6) is 0.962. The average molecular weight is 690 g/mol. The van der Waals surface area contributed by atoms with E-state index in [0.717, 1.165) is 33.5 Å². The van der Waals surface area contributed by atoms with Crippen LogP contribution in [0.2, 0.25) is 0 Å². The minimum atomic E-state index is 0.962. The zero-order valence-corrected chi connectivity index (χ0v) is 29.2. The smallest absolute Gasteiger partial charge is 0.146 e. The number of rotatable bonds is 3. The van der Waals surface area contributed by atoms with Crippen LogP contribution in [0.15, 0.2) is 163 Å². The lowest BCUT2D eigenvalue weighted by Crippen LogP contribution is -2.02. The lowest BCUT2D eigenvalue weighted by atomic mass is 9.97. The maximum atomic E-state index is 5.66. The zero-order valence-electron chi connectivity index (χ0n) is 28.3. The molecule has 1 aliphatic carbocycles. The first kappa shape index (κ1) is 27.9. The van der Waals surface area contributed by atoms with Crippen LogP contribution in [0, 0.1) is 0 Å². The van der Waals surface area contributed by atoms with E-state index in [2.05, 4.69) is 172 Å². The maximum absolute atomic E-state index is 5.66. The SMILES string of the molecule is c1ccc(-c2nc(-n3c4ccccc4c4cc(-c5cc6c7ccccc7n7c8ccsc8c(c5)c67)ccc43)c3cccc4c3c2-c2ccccc2-4)cc1. The number of para-hydroxylation sites is 2. The Labute approximate surface area is 307 Å². The van der Waals surface area contributed by atoms with Gasteiger partial charge in [0, 0.05) is 48.8 Å². The molecule has 12 aromatic rings. The third kappa shape index (κ3) is 3.51. The summed E-state index contributed by atoms with van der Waals surface area (Å²) >= 11 is 1.84. The zero-order chi connectivity index (χ0) is 34.4. The molecule has 5 aromatic heterocycles. The van der Waals surface area contributed by atoms with Crippen LogP contribution in [0.4, 0.5) is 0 Å². The summed E-state index contributed by atoms with van der Waals surface area (Å²) in [5, 5.41) is 11.0. The van der Waals surface area contributed by atoms with E-state index >= 15 is 0 Å². The van der Waals surface area contributed by atoms with Crippen molar-refractivity contribution in [1.82, 2.24) is 14.0 Å². The second-order valence-electron chi connectivity index (χ2n) is 14.3. The first-order valence-electron chi connectivity index (χ1n) is 18.1. The van der Waals surface area contributed by atoms with Gasteiger partial charge in [-0.2, -0.15) is 0 Å². The minimum Gasteiger partial charge on any atom is -0.307 e. The molecule has 0 bridgehead atoms. The number of thiophene rings is 1. The quantitative estimate of drug-likeness (QED) is 0.181. The molecular formula is C49H27N3S. The lowest BCUT2D eigenvalue weighted by molar-refractivity contribution is 1.10. The summed E-state index contributed by atoms with van der Waals surface area (Å²) in [5.41, 5.74) is 15.8. The van der Waals surface area contributed by atoms with Crippen molar-refractivity contribution in [3.8, 4) is 50.5 Å².